The van der Waals surface area contributed by atoms with Crippen LogP contribution < -0.4 is 0 Å². The van der Waals surface area contributed by atoms with Crippen molar-refractivity contribution < 1.29 is 20.1 Å². The molecule has 0 unspecified atom stereocenters. The van der Waals surface area contributed by atoms with Crippen LogP contribution in [0.15, 0.2) is 0 Å². The van der Waals surface area contributed by atoms with Gasteiger partial charge in [-0.1, -0.05) is 26.7 Å². The van der Waals surface area contributed by atoms with Gasteiger partial charge in [0.05, 0.1) is 30.8 Å². The average Bonchev–Trinajstić information content (AvgIpc) is 2.71. The van der Waals surface area contributed by atoms with Crippen molar-refractivity contribution >= 4 is 5.91 Å². The summed E-state index contributed by atoms with van der Waals surface area (Å²) in [4.78, 5) is 13.8. The zero-order valence-electron chi connectivity index (χ0n) is 12.0. The fourth-order valence-corrected chi connectivity index (χ4v) is 2.99. The summed E-state index contributed by atoms with van der Waals surface area (Å²) in [5.41, 5.74) is -0.950. The molecule has 0 aromatic rings. The quantitative estimate of drug-likeness (QED) is 0.636. The third-order valence-corrected chi connectivity index (χ3v) is 3.83. The van der Waals surface area contributed by atoms with Crippen LogP contribution in [0.2, 0.25) is 0 Å². The molecule has 5 heteroatoms. The molecule has 0 bridgehead atoms. The van der Waals surface area contributed by atoms with Gasteiger partial charge in [0.2, 0.25) is 5.91 Å². The van der Waals surface area contributed by atoms with E-state index in [4.69, 9.17) is 0 Å². The second-order valence-electron chi connectivity index (χ2n) is 5.67. The first-order chi connectivity index (χ1) is 8.95. The summed E-state index contributed by atoms with van der Waals surface area (Å²) in [5, 5.41) is 29.3. The van der Waals surface area contributed by atoms with E-state index in [9.17, 15) is 20.1 Å². The van der Waals surface area contributed by atoms with Crippen molar-refractivity contribution in [3.05, 3.63) is 0 Å². The van der Waals surface area contributed by atoms with E-state index < -0.39 is 11.7 Å². The number of amides is 1. The lowest BCUT2D eigenvalue weighted by molar-refractivity contribution is -0.139. The fraction of sp³-hybridized carbons (Fsp3) is 0.929. The summed E-state index contributed by atoms with van der Waals surface area (Å²) in [5.74, 6) is -0.167. The van der Waals surface area contributed by atoms with Crippen molar-refractivity contribution in [2.24, 2.45) is 0 Å². The smallest absolute Gasteiger partial charge is 0.225 e. The second-order valence-corrected chi connectivity index (χ2v) is 5.67. The van der Waals surface area contributed by atoms with Gasteiger partial charge in [0.25, 0.3) is 0 Å². The molecule has 0 spiro atoms. The first kappa shape index (κ1) is 16.4. The van der Waals surface area contributed by atoms with Crippen LogP contribution in [0.25, 0.3) is 0 Å². The first-order valence-corrected chi connectivity index (χ1v) is 7.26. The summed E-state index contributed by atoms with van der Waals surface area (Å²) >= 11 is 0. The third kappa shape index (κ3) is 4.44. The Labute approximate surface area is 115 Å². The Morgan fingerprint density at radius 3 is 2.37 bits per heavy atom. The van der Waals surface area contributed by atoms with Crippen LogP contribution in [-0.4, -0.2) is 57.0 Å². The van der Waals surface area contributed by atoms with E-state index in [0.29, 0.717) is 19.3 Å². The van der Waals surface area contributed by atoms with Crippen molar-refractivity contribution in [1.29, 1.82) is 0 Å². The minimum absolute atomic E-state index is 0.0812. The highest BCUT2D eigenvalue weighted by Gasteiger charge is 2.37. The van der Waals surface area contributed by atoms with Crippen molar-refractivity contribution in [1.82, 2.24) is 4.90 Å². The Bertz CT molecular complexity index is 289. The van der Waals surface area contributed by atoms with Gasteiger partial charge in [-0.2, -0.15) is 0 Å². The summed E-state index contributed by atoms with van der Waals surface area (Å²) in [6.45, 7) is 4.10. The molecule has 0 radical (unpaired) electrons. The second kappa shape index (κ2) is 7.22. The molecule has 3 N–H and O–H groups in total. The highest BCUT2D eigenvalue weighted by Crippen LogP contribution is 2.27. The predicted molar refractivity (Wildman–Crippen MR) is 72.6 cm³/mol. The van der Waals surface area contributed by atoms with E-state index in [2.05, 4.69) is 0 Å². The van der Waals surface area contributed by atoms with Crippen molar-refractivity contribution in [3.63, 3.8) is 0 Å². The topological polar surface area (TPSA) is 81.0 Å². The molecule has 1 heterocycles. The molecule has 0 aliphatic carbocycles. The number of β-amino-alcohol motifs (C(OH)–C–C–N with tert-alkyl or cyclic N) is 1. The van der Waals surface area contributed by atoms with E-state index in [0.717, 1.165) is 12.8 Å². The Hall–Kier alpha value is -0.650. The number of likely N-dealkylation sites (tertiary alicyclic amines) is 1. The number of aliphatic hydroxyl groups is 3. The van der Waals surface area contributed by atoms with Crippen LogP contribution in [0, 0.1) is 0 Å². The molecule has 5 nitrogen and oxygen atoms in total. The lowest BCUT2D eigenvalue weighted by Gasteiger charge is -2.31. The maximum absolute atomic E-state index is 12.3. The Morgan fingerprint density at radius 1 is 1.32 bits per heavy atom. The highest BCUT2D eigenvalue weighted by atomic mass is 16.3. The Morgan fingerprint density at radius 2 is 1.89 bits per heavy atom. The van der Waals surface area contributed by atoms with E-state index in [1.807, 2.05) is 13.8 Å². The van der Waals surface area contributed by atoms with E-state index in [-0.39, 0.29) is 31.5 Å². The van der Waals surface area contributed by atoms with Crippen molar-refractivity contribution in [2.45, 2.75) is 70.1 Å². The Kier molecular flexibility index (Phi) is 6.23. The van der Waals surface area contributed by atoms with Crippen LogP contribution in [0.4, 0.5) is 0 Å². The number of carbonyl (C=O) groups is 1. The van der Waals surface area contributed by atoms with Crippen molar-refractivity contribution in [2.75, 3.05) is 13.2 Å². The minimum atomic E-state index is -0.950. The Balaban J connectivity index is 2.66. The van der Waals surface area contributed by atoms with Crippen LogP contribution >= 0.6 is 0 Å². The maximum Gasteiger partial charge on any atom is 0.225 e. The molecule has 1 aliphatic rings. The number of nitrogens with zero attached hydrogens (tertiary/aromatic N) is 1. The zero-order valence-corrected chi connectivity index (χ0v) is 12.0. The average molecular weight is 273 g/mol. The number of hydrogen-bond acceptors (Lipinski definition) is 4. The maximum atomic E-state index is 12.3. The zero-order chi connectivity index (χ0) is 14.5. The standard InChI is InChI=1S/C14H27NO4/c1-3-5-14(19,6-4-2)8-13(18)15-9-12(17)7-11(15)10-16/h11-12,16-17,19H,3-10H2,1-2H3/t11-,12+/m0/s1. The van der Waals surface area contributed by atoms with Gasteiger partial charge in [-0.05, 0) is 19.3 Å². The van der Waals surface area contributed by atoms with Gasteiger partial charge in [0.1, 0.15) is 0 Å². The molecule has 0 aromatic carbocycles. The van der Waals surface area contributed by atoms with Crippen molar-refractivity contribution in [3.8, 4) is 0 Å². The molecule has 19 heavy (non-hydrogen) atoms. The molecule has 1 amide bonds. The fourth-order valence-electron chi connectivity index (χ4n) is 2.99. The summed E-state index contributed by atoms with van der Waals surface area (Å²) in [6.07, 6.45) is 2.80. The molecule has 1 rings (SSSR count). The number of aliphatic hydroxyl groups excluding tert-OH is 2. The highest BCUT2D eigenvalue weighted by molar-refractivity contribution is 5.78. The molecular weight excluding hydrogens is 246 g/mol. The largest absolute Gasteiger partial charge is 0.394 e. The number of carbonyl (C=O) groups excluding carboxylic acids is 1. The molecule has 0 aromatic heterocycles. The molecular formula is C14H27NO4. The molecule has 1 saturated heterocycles. The third-order valence-electron chi connectivity index (χ3n) is 3.83. The molecule has 1 fully saturated rings. The lowest BCUT2D eigenvalue weighted by Crippen LogP contribution is -2.43. The normalized spacial score (nSPS) is 23.9. The lowest BCUT2D eigenvalue weighted by atomic mass is 9.88. The van der Waals surface area contributed by atoms with Crippen LogP contribution in [0.3, 0.4) is 0 Å². The predicted octanol–water partition coefficient (Wildman–Crippen LogP) is 0.662. The molecule has 0 saturated carbocycles. The van der Waals surface area contributed by atoms with E-state index in [1.165, 1.54) is 4.90 Å². The van der Waals surface area contributed by atoms with Gasteiger partial charge in [0.15, 0.2) is 0 Å². The molecule has 1 aliphatic heterocycles. The van der Waals surface area contributed by atoms with Crippen LogP contribution in [-0.2, 0) is 4.79 Å². The van der Waals surface area contributed by atoms with E-state index >= 15 is 0 Å². The van der Waals surface area contributed by atoms with Gasteiger partial charge in [-0.25, -0.2) is 0 Å². The molecule has 2 atom stereocenters. The number of rotatable bonds is 7. The van der Waals surface area contributed by atoms with Gasteiger partial charge >= 0.3 is 0 Å². The SMILES string of the molecule is CCCC(O)(CCC)CC(=O)N1C[C@H](O)C[C@H]1CO. The van der Waals surface area contributed by atoms with Gasteiger partial charge < -0.3 is 20.2 Å². The molecule has 112 valence electrons. The number of hydrogen-bond donors (Lipinski definition) is 3. The first-order valence-electron chi connectivity index (χ1n) is 7.26. The van der Waals surface area contributed by atoms with Gasteiger partial charge in [-0.3, -0.25) is 4.79 Å². The van der Waals surface area contributed by atoms with Crippen LogP contribution in [0.5, 0.6) is 0 Å². The minimum Gasteiger partial charge on any atom is -0.394 e. The summed E-state index contributed by atoms with van der Waals surface area (Å²) in [7, 11) is 0. The monoisotopic (exact) mass is 273 g/mol. The van der Waals surface area contributed by atoms with Gasteiger partial charge in [-0.15, -0.1) is 0 Å². The van der Waals surface area contributed by atoms with Crippen LogP contribution in [0.1, 0.15) is 52.4 Å². The summed E-state index contributed by atoms with van der Waals surface area (Å²) in [6, 6.07) is -0.310. The van der Waals surface area contributed by atoms with E-state index in [1.54, 1.807) is 0 Å². The summed E-state index contributed by atoms with van der Waals surface area (Å²) < 4.78 is 0. The van der Waals surface area contributed by atoms with Gasteiger partial charge in [0, 0.05) is 6.54 Å².